The van der Waals surface area contributed by atoms with Crippen molar-refractivity contribution in [3.8, 4) is 11.1 Å². The molecule has 284 valence electrons. The summed E-state index contributed by atoms with van der Waals surface area (Å²) in [5.41, 5.74) is 4.54. The summed E-state index contributed by atoms with van der Waals surface area (Å²) in [7, 11) is 0. The van der Waals surface area contributed by atoms with Gasteiger partial charge in [-0.05, 0) is 103 Å². The zero-order valence-corrected chi connectivity index (χ0v) is 31.0. The van der Waals surface area contributed by atoms with Crippen LogP contribution in [-0.2, 0) is 17.9 Å². The van der Waals surface area contributed by atoms with Crippen LogP contribution >= 0.6 is 0 Å². The molecule has 2 aromatic heterocycles. The van der Waals surface area contributed by atoms with Gasteiger partial charge in [0, 0.05) is 75.6 Å². The maximum absolute atomic E-state index is 14.9. The highest BCUT2D eigenvalue weighted by Gasteiger charge is 2.68. The first-order valence-corrected chi connectivity index (χ1v) is 19.7. The number of halogens is 2. The number of allylic oxidation sites excluding steroid dienone is 2. The second kappa shape index (κ2) is 12.8. The monoisotopic (exact) mass is 744 g/mol. The lowest BCUT2D eigenvalue weighted by atomic mass is 9.76. The number of urea groups is 1. The number of carbonyl (C=O) groups is 2. The molecular weight excluding hydrogens is 699 g/mol. The molecule has 2 aromatic carbocycles. The van der Waals surface area contributed by atoms with Gasteiger partial charge in [0.2, 0.25) is 0 Å². The fraction of sp³-hybridized carbons (Fsp3) is 0.419. The molecule has 5 heterocycles. The van der Waals surface area contributed by atoms with E-state index in [-0.39, 0.29) is 34.3 Å². The Morgan fingerprint density at radius 3 is 2.49 bits per heavy atom. The Bertz CT molecular complexity index is 2250. The van der Waals surface area contributed by atoms with Crippen molar-refractivity contribution in [3.63, 3.8) is 0 Å². The maximum atomic E-state index is 14.9. The second-order valence-corrected chi connectivity index (χ2v) is 16.8. The van der Waals surface area contributed by atoms with Gasteiger partial charge in [0.25, 0.3) is 5.91 Å². The average molecular weight is 745 g/mol. The third-order valence-corrected chi connectivity index (χ3v) is 13.5. The van der Waals surface area contributed by atoms with Gasteiger partial charge in [0.15, 0.2) is 0 Å². The van der Waals surface area contributed by atoms with Crippen LogP contribution < -0.4 is 20.9 Å². The lowest BCUT2D eigenvalue weighted by Gasteiger charge is -2.50. The van der Waals surface area contributed by atoms with E-state index in [9.17, 15) is 18.4 Å². The van der Waals surface area contributed by atoms with Crippen molar-refractivity contribution in [2.75, 3.05) is 31.1 Å². The van der Waals surface area contributed by atoms with E-state index in [1.807, 2.05) is 30.5 Å². The molecule has 3 amide bonds. The van der Waals surface area contributed by atoms with Crippen molar-refractivity contribution in [3.05, 3.63) is 114 Å². The highest BCUT2D eigenvalue weighted by molar-refractivity contribution is 6.16. The maximum Gasteiger partial charge on any atom is 0.333 e. The summed E-state index contributed by atoms with van der Waals surface area (Å²) in [5.74, 6) is -1.26. The first-order chi connectivity index (χ1) is 26.6. The zero-order chi connectivity index (χ0) is 37.5. The molecule has 6 aliphatic rings. The highest BCUT2D eigenvalue weighted by atomic mass is 19.1. The number of pyridine rings is 1. The SMILES string of the molecule is CC12NC=C(F)C=C1C(=O)N([C@H]1CC13CCC1(CC3)CC1NCc1cn3cc(F)ccc3n1)C(=O)N2c1cccc(-c2ccc(CN3CCNCC3)cc2)c1. The van der Waals surface area contributed by atoms with Crippen LogP contribution in [0.25, 0.3) is 16.8 Å². The third-order valence-electron chi connectivity index (χ3n) is 13.5. The second-order valence-electron chi connectivity index (χ2n) is 16.8. The van der Waals surface area contributed by atoms with E-state index in [0.717, 1.165) is 93.7 Å². The predicted molar refractivity (Wildman–Crippen MR) is 206 cm³/mol. The van der Waals surface area contributed by atoms with E-state index < -0.39 is 17.4 Å². The molecule has 4 aromatic rings. The number of hydrogen-bond donors (Lipinski definition) is 3. The van der Waals surface area contributed by atoms with Crippen LogP contribution in [0, 0.1) is 16.6 Å². The Balaban J connectivity index is 0.852. The molecule has 10 rings (SSSR count). The Labute approximate surface area is 319 Å². The molecule has 3 aliphatic heterocycles. The molecule has 3 aliphatic carbocycles. The van der Waals surface area contributed by atoms with Crippen LogP contribution in [-0.4, -0.2) is 75.0 Å². The van der Waals surface area contributed by atoms with Gasteiger partial charge in [0.1, 0.15) is 23.0 Å². The number of piperazine rings is 1. The molecule has 2 saturated heterocycles. The molecule has 10 nitrogen and oxygen atoms in total. The van der Waals surface area contributed by atoms with Gasteiger partial charge in [-0.1, -0.05) is 36.4 Å². The van der Waals surface area contributed by atoms with Crippen molar-refractivity contribution < 1.29 is 18.4 Å². The number of dihydropyridines is 1. The average Bonchev–Trinajstić information content (AvgIpc) is 4.02. The van der Waals surface area contributed by atoms with Gasteiger partial charge in [-0.25, -0.2) is 18.6 Å². The van der Waals surface area contributed by atoms with Crippen LogP contribution in [0.5, 0.6) is 0 Å². The lowest BCUT2D eigenvalue weighted by Crippen LogP contribution is -2.70. The van der Waals surface area contributed by atoms with E-state index in [0.29, 0.717) is 18.3 Å². The Morgan fingerprint density at radius 2 is 1.69 bits per heavy atom. The molecule has 0 bridgehead atoms. The van der Waals surface area contributed by atoms with E-state index in [1.54, 1.807) is 22.3 Å². The molecule has 3 saturated carbocycles. The standard InChI is InChI=1S/C43H46F2N8O2/c1-41-35(20-32(45)23-48-41)39(54)52(40(55)53(41)34-4-2-3-30(19-34)29-7-5-28(6-8-29)25-50-17-15-46-16-18-50)37-22-43(37)13-11-42(12-14-43)21-36(42)47-24-33-27-51-26-31(44)9-10-38(51)49-33/h2-10,19-20,23,26-27,36-37,46-48H,11-18,21-22,24-25H2,1H3/t36?,37-,41?,42?,43?/m0/s1. The third kappa shape index (κ3) is 5.96. The number of fused-ring (bicyclic) bond motifs is 2. The first-order valence-electron chi connectivity index (χ1n) is 19.7. The minimum atomic E-state index is -1.26. The zero-order valence-electron chi connectivity index (χ0n) is 31.0. The number of anilines is 1. The molecule has 2 unspecified atom stereocenters. The number of nitrogens with one attached hydrogen (secondary N) is 3. The fourth-order valence-electron chi connectivity index (χ4n) is 9.97. The largest absolute Gasteiger partial charge is 0.362 e. The Hall–Kier alpha value is -4.91. The number of aromatic nitrogens is 2. The summed E-state index contributed by atoms with van der Waals surface area (Å²) >= 11 is 0. The fourth-order valence-corrected chi connectivity index (χ4v) is 9.97. The van der Waals surface area contributed by atoms with Gasteiger partial charge in [-0.2, -0.15) is 0 Å². The number of imidazole rings is 1. The molecule has 0 radical (unpaired) electrons. The number of carbonyl (C=O) groups excluding carboxylic acids is 2. The number of hydrogen-bond acceptors (Lipinski definition) is 7. The summed E-state index contributed by atoms with van der Waals surface area (Å²) in [4.78, 5) is 39.2. The predicted octanol–water partition coefficient (Wildman–Crippen LogP) is 6.25. The summed E-state index contributed by atoms with van der Waals surface area (Å²) in [5, 5.41) is 10.2. The van der Waals surface area contributed by atoms with Crippen molar-refractivity contribution >= 4 is 23.3 Å². The quantitative estimate of drug-likeness (QED) is 0.196. The minimum absolute atomic E-state index is 0.125. The number of benzene rings is 2. The molecule has 3 N–H and O–H groups in total. The van der Waals surface area contributed by atoms with E-state index in [2.05, 4.69) is 50.1 Å². The summed E-state index contributed by atoms with van der Waals surface area (Å²) < 4.78 is 30.3. The van der Waals surface area contributed by atoms with Gasteiger partial charge < -0.3 is 20.4 Å². The van der Waals surface area contributed by atoms with E-state index in [1.165, 1.54) is 35.0 Å². The van der Waals surface area contributed by atoms with Crippen LogP contribution in [0.15, 0.2) is 96.7 Å². The van der Waals surface area contributed by atoms with Gasteiger partial charge in [-0.3, -0.25) is 19.5 Å². The van der Waals surface area contributed by atoms with Gasteiger partial charge >= 0.3 is 6.03 Å². The molecule has 55 heavy (non-hydrogen) atoms. The van der Waals surface area contributed by atoms with Crippen molar-refractivity contribution in [1.82, 2.24) is 35.1 Å². The number of nitrogens with zero attached hydrogens (tertiary/aromatic N) is 5. The van der Waals surface area contributed by atoms with Crippen molar-refractivity contribution in [2.24, 2.45) is 10.8 Å². The summed E-state index contributed by atoms with van der Waals surface area (Å²) in [6, 6.07) is 19.3. The Kier molecular flexibility index (Phi) is 8.06. The minimum Gasteiger partial charge on any atom is -0.362 e. The number of rotatable bonds is 8. The van der Waals surface area contributed by atoms with E-state index >= 15 is 0 Å². The smallest absolute Gasteiger partial charge is 0.333 e. The highest BCUT2D eigenvalue weighted by Crippen LogP contribution is 2.68. The topological polar surface area (TPSA) is 97.2 Å². The van der Waals surface area contributed by atoms with E-state index in [4.69, 9.17) is 0 Å². The molecule has 3 atom stereocenters. The molecular formula is C43H46F2N8O2. The first kappa shape index (κ1) is 34.6. The number of imide groups is 1. The molecule has 5 fully saturated rings. The van der Waals surface area contributed by atoms with Gasteiger partial charge in [-0.15, -0.1) is 0 Å². The molecule has 12 heteroatoms. The van der Waals surface area contributed by atoms with Gasteiger partial charge in [0.05, 0.1) is 11.3 Å². The van der Waals surface area contributed by atoms with Crippen LogP contribution in [0.1, 0.15) is 56.7 Å². The van der Waals surface area contributed by atoms with Crippen LogP contribution in [0.4, 0.5) is 19.3 Å². The lowest BCUT2D eigenvalue weighted by molar-refractivity contribution is -0.127. The van der Waals surface area contributed by atoms with Crippen LogP contribution in [0.2, 0.25) is 0 Å². The number of amides is 3. The molecule has 2 spiro atoms. The van der Waals surface area contributed by atoms with Crippen molar-refractivity contribution in [1.29, 1.82) is 0 Å². The summed E-state index contributed by atoms with van der Waals surface area (Å²) in [6.07, 6.45) is 11.6. The normalized spacial score (nSPS) is 30.4. The Morgan fingerprint density at radius 1 is 0.909 bits per heavy atom. The van der Waals surface area contributed by atoms with Crippen molar-refractivity contribution in [2.45, 2.75) is 76.3 Å². The summed E-state index contributed by atoms with van der Waals surface area (Å²) in [6.45, 7) is 7.40. The van der Waals surface area contributed by atoms with Crippen LogP contribution in [0.3, 0.4) is 0 Å².